The molecular formula is C17H35N5O. The van der Waals surface area contributed by atoms with E-state index in [9.17, 15) is 0 Å². The van der Waals surface area contributed by atoms with Gasteiger partial charge in [-0.05, 0) is 41.3 Å². The van der Waals surface area contributed by atoms with E-state index < -0.39 is 0 Å². The minimum Gasteiger partial charge on any atom is -0.379 e. The van der Waals surface area contributed by atoms with Crippen molar-refractivity contribution in [3.05, 3.63) is 0 Å². The molecule has 2 fully saturated rings. The molecule has 23 heavy (non-hydrogen) atoms. The maximum Gasteiger partial charge on any atom is 0.194 e. The van der Waals surface area contributed by atoms with Crippen LogP contribution in [-0.2, 0) is 4.74 Å². The lowest BCUT2D eigenvalue weighted by Gasteiger charge is -2.33. The highest BCUT2D eigenvalue weighted by atomic mass is 16.5. The first kappa shape index (κ1) is 18.5. The zero-order chi connectivity index (χ0) is 16.9. The SMILES string of the molecule is CCNC(=NCC(C)(C)N(C)C)N1CCC(N2CCOCC2)C1. The van der Waals surface area contributed by atoms with Crippen molar-refractivity contribution in [1.82, 2.24) is 20.0 Å². The summed E-state index contributed by atoms with van der Waals surface area (Å²) in [6, 6.07) is 0.643. The second-order valence-electron chi connectivity index (χ2n) is 7.41. The lowest BCUT2D eigenvalue weighted by Crippen LogP contribution is -2.47. The normalized spacial score (nSPS) is 24.5. The molecule has 2 rings (SSSR count). The average molecular weight is 326 g/mol. The zero-order valence-corrected chi connectivity index (χ0v) is 15.6. The van der Waals surface area contributed by atoms with Gasteiger partial charge in [-0.15, -0.1) is 0 Å². The highest BCUT2D eigenvalue weighted by Gasteiger charge is 2.30. The van der Waals surface area contributed by atoms with Crippen molar-refractivity contribution >= 4 is 5.96 Å². The molecule has 0 saturated carbocycles. The second-order valence-corrected chi connectivity index (χ2v) is 7.41. The number of guanidine groups is 1. The molecule has 2 heterocycles. The maximum absolute atomic E-state index is 5.47. The van der Waals surface area contributed by atoms with Crippen LogP contribution in [0.4, 0.5) is 0 Å². The van der Waals surface area contributed by atoms with Gasteiger partial charge in [0.25, 0.3) is 0 Å². The van der Waals surface area contributed by atoms with Crippen molar-refractivity contribution in [3.8, 4) is 0 Å². The number of aliphatic imine (C=N–C) groups is 1. The molecule has 1 N–H and O–H groups in total. The number of ether oxygens (including phenoxy) is 1. The van der Waals surface area contributed by atoms with Crippen molar-refractivity contribution in [3.63, 3.8) is 0 Å². The number of nitrogens with one attached hydrogen (secondary N) is 1. The average Bonchev–Trinajstić information content (AvgIpc) is 3.02. The molecule has 0 amide bonds. The monoisotopic (exact) mass is 325 g/mol. The van der Waals surface area contributed by atoms with Crippen molar-refractivity contribution < 1.29 is 4.74 Å². The largest absolute Gasteiger partial charge is 0.379 e. The molecule has 6 heteroatoms. The van der Waals surface area contributed by atoms with Crippen molar-refractivity contribution in [2.45, 2.75) is 38.8 Å². The maximum atomic E-state index is 5.47. The van der Waals surface area contributed by atoms with Gasteiger partial charge in [0.15, 0.2) is 5.96 Å². The van der Waals surface area contributed by atoms with E-state index in [4.69, 9.17) is 9.73 Å². The predicted octanol–water partition coefficient (Wildman–Crippen LogP) is 0.699. The highest BCUT2D eigenvalue weighted by molar-refractivity contribution is 5.80. The summed E-state index contributed by atoms with van der Waals surface area (Å²) >= 11 is 0. The molecule has 0 radical (unpaired) electrons. The van der Waals surface area contributed by atoms with Gasteiger partial charge in [0.05, 0.1) is 19.8 Å². The van der Waals surface area contributed by atoms with Crippen molar-refractivity contribution in [1.29, 1.82) is 0 Å². The molecule has 1 atom stereocenters. The number of likely N-dealkylation sites (N-methyl/N-ethyl adjacent to an activating group) is 1. The topological polar surface area (TPSA) is 43.3 Å². The molecule has 2 saturated heterocycles. The van der Waals surface area contributed by atoms with E-state index in [1.54, 1.807) is 0 Å². The molecule has 1 unspecified atom stereocenters. The van der Waals surface area contributed by atoms with Crippen LogP contribution >= 0.6 is 0 Å². The molecule has 0 bridgehead atoms. The van der Waals surface area contributed by atoms with E-state index in [1.807, 2.05) is 0 Å². The number of likely N-dealkylation sites (tertiary alicyclic amines) is 1. The van der Waals surface area contributed by atoms with Crippen LogP contribution in [0.25, 0.3) is 0 Å². The lowest BCUT2D eigenvalue weighted by molar-refractivity contribution is 0.0195. The first-order valence-corrected chi connectivity index (χ1v) is 8.96. The third kappa shape index (κ3) is 5.06. The molecule has 0 aliphatic carbocycles. The summed E-state index contributed by atoms with van der Waals surface area (Å²) < 4.78 is 5.47. The van der Waals surface area contributed by atoms with Crippen LogP contribution in [0.15, 0.2) is 4.99 Å². The third-order valence-corrected chi connectivity index (χ3v) is 5.19. The molecule has 6 nitrogen and oxygen atoms in total. The molecule has 134 valence electrons. The van der Waals surface area contributed by atoms with Crippen molar-refractivity contribution in [2.24, 2.45) is 4.99 Å². The van der Waals surface area contributed by atoms with Gasteiger partial charge in [-0.3, -0.25) is 9.89 Å². The molecule has 0 aromatic rings. The number of hydrogen-bond donors (Lipinski definition) is 1. The quantitative estimate of drug-likeness (QED) is 0.595. The van der Waals surface area contributed by atoms with Gasteiger partial charge < -0.3 is 19.9 Å². The van der Waals surface area contributed by atoms with Crippen LogP contribution in [0.1, 0.15) is 27.2 Å². The van der Waals surface area contributed by atoms with E-state index in [2.05, 4.69) is 54.9 Å². The van der Waals surface area contributed by atoms with E-state index >= 15 is 0 Å². The first-order chi connectivity index (χ1) is 10.9. The Morgan fingerprint density at radius 3 is 2.57 bits per heavy atom. The summed E-state index contributed by atoms with van der Waals surface area (Å²) in [4.78, 5) is 12.2. The fourth-order valence-electron chi connectivity index (χ4n) is 3.01. The van der Waals surface area contributed by atoms with E-state index in [-0.39, 0.29) is 5.54 Å². The summed E-state index contributed by atoms with van der Waals surface area (Å²) in [5, 5.41) is 3.47. The van der Waals surface area contributed by atoms with Gasteiger partial charge in [0, 0.05) is 44.3 Å². The minimum atomic E-state index is 0.0734. The Kier molecular flexibility index (Phi) is 6.68. The van der Waals surface area contributed by atoms with Gasteiger partial charge in [0.2, 0.25) is 0 Å². The summed E-state index contributed by atoms with van der Waals surface area (Å²) in [6.07, 6.45) is 1.22. The van der Waals surface area contributed by atoms with Gasteiger partial charge >= 0.3 is 0 Å². The molecular weight excluding hydrogens is 290 g/mol. The predicted molar refractivity (Wildman–Crippen MR) is 96.1 cm³/mol. The Labute approximate surface area is 141 Å². The number of morpholine rings is 1. The van der Waals surface area contributed by atoms with Crippen LogP contribution in [0.3, 0.4) is 0 Å². The summed E-state index contributed by atoms with van der Waals surface area (Å²) in [7, 11) is 4.24. The standard InChI is InChI=1S/C17H35N5O/c1-6-18-16(19-14-17(2,3)20(4)5)22-8-7-15(13-22)21-9-11-23-12-10-21/h15H,6-14H2,1-5H3,(H,18,19). The Morgan fingerprint density at radius 1 is 1.26 bits per heavy atom. The molecule has 0 spiro atoms. The Morgan fingerprint density at radius 2 is 1.96 bits per heavy atom. The van der Waals surface area contributed by atoms with Crippen LogP contribution < -0.4 is 5.32 Å². The zero-order valence-electron chi connectivity index (χ0n) is 15.6. The van der Waals surface area contributed by atoms with E-state index in [0.717, 1.165) is 58.4 Å². The fourth-order valence-corrected chi connectivity index (χ4v) is 3.01. The van der Waals surface area contributed by atoms with E-state index in [1.165, 1.54) is 6.42 Å². The first-order valence-electron chi connectivity index (χ1n) is 8.96. The molecule has 0 aromatic carbocycles. The van der Waals surface area contributed by atoms with Crippen molar-refractivity contribution in [2.75, 3.05) is 66.6 Å². The Bertz CT molecular complexity index is 390. The van der Waals surface area contributed by atoms with Crippen LogP contribution in [0.2, 0.25) is 0 Å². The summed E-state index contributed by atoms with van der Waals surface area (Å²) in [5.41, 5.74) is 0.0734. The highest BCUT2D eigenvalue weighted by Crippen LogP contribution is 2.18. The van der Waals surface area contributed by atoms with Gasteiger partial charge in [-0.2, -0.15) is 0 Å². The van der Waals surface area contributed by atoms with Gasteiger partial charge in [0.1, 0.15) is 0 Å². The second kappa shape index (κ2) is 8.31. The Balaban J connectivity index is 1.95. The number of rotatable bonds is 5. The lowest BCUT2D eigenvalue weighted by atomic mass is 10.1. The molecule has 2 aliphatic heterocycles. The van der Waals surface area contributed by atoms with Crippen LogP contribution in [0, 0.1) is 0 Å². The molecule has 2 aliphatic rings. The minimum absolute atomic E-state index is 0.0734. The summed E-state index contributed by atoms with van der Waals surface area (Å²) in [6.45, 7) is 14.4. The van der Waals surface area contributed by atoms with Gasteiger partial charge in [-0.25, -0.2) is 0 Å². The third-order valence-electron chi connectivity index (χ3n) is 5.19. The number of nitrogens with zero attached hydrogens (tertiary/aromatic N) is 4. The van der Waals surface area contributed by atoms with Gasteiger partial charge in [-0.1, -0.05) is 0 Å². The smallest absolute Gasteiger partial charge is 0.194 e. The van der Waals surface area contributed by atoms with Crippen LogP contribution in [-0.4, -0.2) is 98.8 Å². The van der Waals surface area contributed by atoms with Crippen LogP contribution in [0.5, 0.6) is 0 Å². The molecule has 0 aromatic heterocycles. The summed E-state index contributed by atoms with van der Waals surface area (Å²) in [5.74, 6) is 1.07. The van der Waals surface area contributed by atoms with E-state index in [0.29, 0.717) is 6.04 Å². The number of hydrogen-bond acceptors (Lipinski definition) is 4. The fraction of sp³-hybridized carbons (Fsp3) is 0.941. The Hall–Kier alpha value is -0.850.